The molecule has 0 aromatic carbocycles. The third-order valence-corrected chi connectivity index (χ3v) is 1.22. The van der Waals surface area contributed by atoms with Gasteiger partial charge in [0.15, 0.2) is 5.89 Å². The van der Waals surface area contributed by atoms with Crippen molar-refractivity contribution in [1.82, 2.24) is 4.98 Å². The van der Waals surface area contributed by atoms with Gasteiger partial charge in [0.05, 0.1) is 12.1 Å². The standard InChI is InChI=1S/C7H9NO3/c1-5-4-11-6(8-5)2-3-7(9)10/h4H,2-3H2,1H3,(H,9,10). The molecule has 0 fully saturated rings. The molecule has 0 atom stereocenters. The Labute approximate surface area is 63.9 Å². The highest BCUT2D eigenvalue weighted by atomic mass is 16.4. The number of hydrogen-bond donors (Lipinski definition) is 1. The van der Waals surface area contributed by atoms with E-state index in [0.717, 1.165) is 5.69 Å². The molecular weight excluding hydrogens is 146 g/mol. The monoisotopic (exact) mass is 155 g/mol. The first-order valence-corrected chi connectivity index (χ1v) is 3.31. The van der Waals surface area contributed by atoms with Gasteiger partial charge in [0.1, 0.15) is 6.26 Å². The average molecular weight is 155 g/mol. The lowest BCUT2D eigenvalue weighted by atomic mass is 10.3. The van der Waals surface area contributed by atoms with E-state index in [-0.39, 0.29) is 6.42 Å². The minimum Gasteiger partial charge on any atom is -0.481 e. The number of hydrogen-bond acceptors (Lipinski definition) is 3. The molecule has 1 N–H and O–H groups in total. The van der Waals surface area contributed by atoms with E-state index in [1.807, 2.05) is 0 Å². The van der Waals surface area contributed by atoms with E-state index in [2.05, 4.69) is 4.98 Å². The van der Waals surface area contributed by atoms with Gasteiger partial charge in [0, 0.05) is 6.42 Å². The van der Waals surface area contributed by atoms with E-state index < -0.39 is 5.97 Å². The minimum atomic E-state index is -0.833. The Morgan fingerprint density at radius 2 is 2.55 bits per heavy atom. The van der Waals surface area contributed by atoms with Gasteiger partial charge in [-0.2, -0.15) is 0 Å². The Balaban J connectivity index is 2.45. The average Bonchev–Trinajstić information content (AvgIpc) is 2.31. The quantitative estimate of drug-likeness (QED) is 0.707. The van der Waals surface area contributed by atoms with E-state index in [9.17, 15) is 4.79 Å². The second-order valence-electron chi connectivity index (χ2n) is 2.28. The summed E-state index contributed by atoms with van der Waals surface area (Å²) < 4.78 is 4.94. The van der Waals surface area contributed by atoms with Crippen LogP contribution in [0.15, 0.2) is 10.7 Å². The fourth-order valence-electron chi connectivity index (χ4n) is 0.731. The molecular formula is C7H9NO3. The summed E-state index contributed by atoms with van der Waals surface area (Å²) in [6.07, 6.45) is 1.94. The Bertz CT molecular complexity index is 254. The first-order chi connectivity index (χ1) is 5.18. The first-order valence-electron chi connectivity index (χ1n) is 3.31. The largest absolute Gasteiger partial charge is 0.481 e. The fourth-order valence-corrected chi connectivity index (χ4v) is 0.731. The van der Waals surface area contributed by atoms with Crippen molar-refractivity contribution in [3.05, 3.63) is 17.8 Å². The Kier molecular flexibility index (Phi) is 2.25. The Morgan fingerprint density at radius 3 is 3.00 bits per heavy atom. The van der Waals surface area contributed by atoms with Gasteiger partial charge < -0.3 is 9.52 Å². The molecule has 0 aliphatic heterocycles. The second kappa shape index (κ2) is 3.18. The summed E-state index contributed by atoms with van der Waals surface area (Å²) in [6, 6.07) is 0. The highest BCUT2D eigenvalue weighted by molar-refractivity contribution is 5.66. The number of rotatable bonds is 3. The van der Waals surface area contributed by atoms with Crippen molar-refractivity contribution < 1.29 is 14.3 Å². The van der Waals surface area contributed by atoms with Gasteiger partial charge in [-0.05, 0) is 6.92 Å². The Hall–Kier alpha value is -1.32. The summed E-state index contributed by atoms with van der Waals surface area (Å²) in [5.74, 6) is -0.342. The Morgan fingerprint density at radius 1 is 1.82 bits per heavy atom. The number of oxazole rings is 1. The predicted octanol–water partition coefficient (Wildman–Crippen LogP) is 1.00. The lowest BCUT2D eigenvalue weighted by Gasteiger charge is -1.88. The number of aromatic nitrogens is 1. The van der Waals surface area contributed by atoms with E-state index in [1.54, 1.807) is 6.92 Å². The maximum Gasteiger partial charge on any atom is 0.303 e. The zero-order valence-corrected chi connectivity index (χ0v) is 6.20. The SMILES string of the molecule is Cc1coc(CCC(=O)O)n1. The molecule has 1 rings (SSSR count). The van der Waals surface area contributed by atoms with Crippen molar-refractivity contribution in [2.24, 2.45) is 0 Å². The molecule has 0 saturated heterocycles. The van der Waals surface area contributed by atoms with Crippen LogP contribution in [0.4, 0.5) is 0 Å². The van der Waals surface area contributed by atoms with Crippen LogP contribution in [-0.2, 0) is 11.2 Å². The summed E-state index contributed by atoms with van der Waals surface area (Å²) in [5, 5.41) is 8.31. The molecule has 1 heterocycles. The van der Waals surface area contributed by atoms with E-state index >= 15 is 0 Å². The summed E-state index contributed by atoms with van der Waals surface area (Å²) >= 11 is 0. The van der Waals surface area contributed by atoms with E-state index in [0.29, 0.717) is 12.3 Å². The van der Waals surface area contributed by atoms with Gasteiger partial charge in [-0.1, -0.05) is 0 Å². The molecule has 4 nitrogen and oxygen atoms in total. The molecule has 4 heteroatoms. The maximum absolute atomic E-state index is 10.1. The summed E-state index contributed by atoms with van der Waals surface area (Å²) in [4.78, 5) is 14.1. The fraction of sp³-hybridized carbons (Fsp3) is 0.429. The highest BCUT2D eigenvalue weighted by Gasteiger charge is 2.03. The van der Waals surface area contributed by atoms with Crippen LogP contribution in [0.1, 0.15) is 18.0 Å². The molecule has 0 amide bonds. The van der Waals surface area contributed by atoms with Crippen molar-refractivity contribution >= 4 is 5.97 Å². The number of aryl methyl sites for hydroxylation is 2. The lowest BCUT2D eigenvalue weighted by molar-refractivity contribution is -0.137. The molecule has 0 bridgehead atoms. The zero-order valence-electron chi connectivity index (χ0n) is 6.20. The molecule has 0 unspecified atom stereocenters. The molecule has 0 aliphatic rings. The van der Waals surface area contributed by atoms with Crippen molar-refractivity contribution in [2.75, 3.05) is 0 Å². The lowest BCUT2D eigenvalue weighted by Crippen LogP contribution is -1.97. The van der Waals surface area contributed by atoms with Crippen LogP contribution in [0.2, 0.25) is 0 Å². The second-order valence-corrected chi connectivity index (χ2v) is 2.28. The van der Waals surface area contributed by atoms with Crippen LogP contribution >= 0.6 is 0 Å². The molecule has 11 heavy (non-hydrogen) atoms. The molecule has 60 valence electrons. The van der Waals surface area contributed by atoms with Crippen LogP contribution in [-0.4, -0.2) is 16.1 Å². The molecule has 1 aromatic heterocycles. The summed E-state index contributed by atoms with van der Waals surface area (Å²) in [7, 11) is 0. The van der Waals surface area contributed by atoms with Gasteiger partial charge in [-0.3, -0.25) is 4.79 Å². The van der Waals surface area contributed by atoms with Crippen molar-refractivity contribution in [1.29, 1.82) is 0 Å². The summed E-state index contributed by atoms with van der Waals surface area (Å²) in [5.41, 5.74) is 0.783. The molecule has 1 aromatic rings. The predicted molar refractivity (Wildman–Crippen MR) is 37.2 cm³/mol. The number of nitrogens with zero attached hydrogens (tertiary/aromatic N) is 1. The number of carboxylic acids is 1. The van der Waals surface area contributed by atoms with Gasteiger partial charge in [0.25, 0.3) is 0 Å². The van der Waals surface area contributed by atoms with Crippen molar-refractivity contribution in [2.45, 2.75) is 19.8 Å². The van der Waals surface area contributed by atoms with E-state index in [1.165, 1.54) is 6.26 Å². The van der Waals surface area contributed by atoms with Crippen molar-refractivity contribution in [3.63, 3.8) is 0 Å². The normalized spacial score (nSPS) is 9.91. The van der Waals surface area contributed by atoms with Gasteiger partial charge in [-0.15, -0.1) is 0 Å². The van der Waals surface area contributed by atoms with Crippen LogP contribution in [0, 0.1) is 6.92 Å². The molecule has 0 saturated carbocycles. The minimum absolute atomic E-state index is 0.0694. The van der Waals surface area contributed by atoms with Crippen LogP contribution in [0.3, 0.4) is 0 Å². The van der Waals surface area contributed by atoms with Crippen LogP contribution < -0.4 is 0 Å². The molecule has 0 spiro atoms. The molecule has 0 aliphatic carbocycles. The zero-order chi connectivity index (χ0) is 8.27. The maximum atomic E-state index is 10.1. The molecule has 0 radical (unpaired) electrons. The van der Waals surface area contributed by atoms with Crippen molar-refractivity contribution in [3.8, 4) is 0 Å². The van der Waals surface area contributed by atoms with Crippen LogP contribution in [0.5, 0.6) is 0 Å². The number of carbonyl (C=O) groups is 1. The van der Waals surface area contributed by atoms with Gasteiger partial charge >= 0.3 is 5.97 Å². The van der Waals surface area contributed by atoms with E-state index in [4.69, 9.17) is 9.52 Å². The van der Waals surface area contributed by atoms with Gasteiger partial charge in [-0.25, -0.2) is 4.98 Å². The third kappa shape index (κ3) is 2.41. The first kappa shape index (κ1) is 7.78. The number of aliphatic carboxylic acids is 1. The topological polar surface area (TPSA) is 63.3 Å². The van der Waals surface area contributed by atoms with Gasteiger partial charge in [0.2, 0.25) is 0 Å². The van der Waals surface area contributed by atoms with Crippen LogP contribution in [0.25, 0.3) is 0 Å². The number of carboxylic acid groups (broad SMARTS) is 1. The third-order valence-electron chi connectivity index (χ3n) is 1.22. The summed E-state index contributed by atoms with van der Waals surface area (Å²) in [6.45, 7) is 1.80. The smallest absolute Gasteiger partial charge is 0.303 e. The highest BCUT2D eigenvalue weighted by Crippen LogP contribution is 2.02.